The topological polar surface area (TPSA) is 101 Å². The molecule has 0 aliphatic carbocycles. The van der Waals surface area contributed by atoms with Crippen LogP contribution in [0.1, 0.15) is 19.3 Å². The van der Waals surface area contributed by atoms with Crippen molar-refractivity contribution in [2.45, 2.75) is 25.3 Å². The Kier molecular flexibility index (Phi) is 5.73. The van der Waals surface area contributed by atoms with E-state index in [9.17, 15) is 4.79 Å². The Labute approximate surface area is 65.7 Å². The van der Waals surface area contributed by atoms with Crippen molar-refractivity contribution < 1.29 is 10.0 Å². The van der Waals surface area contributed by atoms with Crippen molar-refractivity contribution in [1.82, 2.24) is 5.48 Å². The summed E-state index contributed by atoms with van der Waals surface area (Å²) < 4.78 is 0. The van der Waals surface area contributed by atoms with Crippen molar-refractivity contribution in [3.63, 3.8) is 0 Å². The van der Waals surface area contributed by atoms with Crippen LogP contribution in [0, 0.1) is 0 Å². The number of nitrogens with one attached hydrogen (secondary N) is 1. The second-order valence-electron chi connectivity index (χ2n) is 2.37. The predicted octanol–water partition coefficient (Wildman–Crippen LogP) is -1.05. The molecule has 0 aromatic rings. The van der Waals surface area contributed by atoms with Gasteiger partial charge in [-0.1, -0.05) is 6.42 Å². The molecule has 5 heteroatoms. The normalized spacial score (nSPS) is 12.6. The van der Waals surface area contributed by atoms with E-state index in [1.165, 1.54) is 5.48 Å². The van der Waals surface area contributed by atoms with Crippen LogP contribution in [-0.2, 0) is 4.79 Å². The molecule has 0 rings (SSSR count). The molecule has 0 bridgehead atoms. The second kappa shape index (κ2) is 6.09. The van der Waals surface area contributed by atoms with Crippen LogP contribution in [0.25, 0.3) is 0 Å². The van der Waals surface area contributed by atoms with Gasteiger partial charge in [0, 0.05) is 0 Å². The van der Waals surface area contributed by atoms with Gasteiger partial charge in [-0.3, -0.25) is 10.0 Å². The van der Waals surface area contributed by atoms with Gasteiger partial charge < -0.3 is 11.5 Å². The van der Waals surface area contributed by atoms with E-state index in [0.29, 0.717) is 13.0 Å². The molecule has 0 aromatic heterocycles. The average Bonchev–Trinajstić information content (AvgIpc) is 2.03. The Morgan fingerprint density at radius 2 is 2.18 bits per heavy atom. The highest BCUT2D eigenvalue weighted by Crippen LogP contribution is 1.96. The lowest BCUT2D eigenvalue weighted by Gasteiger charge is -2.07. The SMILES string of the molecule is NCCCCC(N)C(=O)NO. The highest BCUT2D eigenvalue weighted by molar-refractivity contribution is 5.80. The first-order valence-electron chi connectivity index (χ1n) is 3.62. The minimum absolute atomic E-state index is 0.540. The Morgan fingerprint density at radius 3 is 2.64 bits per heavy atom. The van der Waals surface area contributed by atoms with E-state index in [-0.39, 0.29) is 0 Å². The van der Waals surface area contributed by atoms with Crippen LogP contribution in [0.3, 0.4) is 0 Å². The van der Waals surface area contributed by atoms with Crippen molar-refractivity contribution in [3.8, 4) is 0 Å². The van der Waals surface area contributed by atoms with Crippen molar-refractivity contribution in [3.05, 3.63) is 0 Å². The third-order valence-corrected chi connectivity index (χ3v) is 1.42. The second-order valence-corrected chi connectivity index (χ2v) is 2.37. The third kappa shape index (κ3) is 4.72. The quantitative estimate of drug-likeness (QED) is 0.235. The fourth-order valence-electron chi connectivity index (χ4n) is 0.723. The Hall–Kier alpha value is -0.650. The summed E-state index contributed by atoms with van der Waals surface area (Å²) in [5, 5.41) is 8.16. The third-order valence-electron chi connectivity index (χ3n) is 1.42. The number of amides is 1. The van der Waals surface area contributed by atoms with Crippen molar-refractivity contribution in [1.29, 1.82) is 0 Å². The van der Waals surface area contributed by atoms with Crippen molar-refractivity contribution >= 4 is 5.91 Å². The molecule has 0 spiro atoms. The van der Waals surface area contributed by atoms with Gasteiger partial charge in [-0.25, -0.2) is 5.48 Å². The zero-order valence-corrected chi connectivity index (χ0v) is 6.42. The van der Waals surface area contributed by atoms with Crippen LogP contribution in [0.5, 0.6) is 0 Å². The summed E-state index contributed by atoms with van der Waals surface area (Å²) in [7, 11) is 0. The first-order chi connectivity index (χ1) is 5.22. The lowest BCUT2D eigenvalue weighted by Crippen LogP contribution is -2.38. The minimum atomic E-state index is -0.619. The summed E-state index contributed by atoms with van der Waals surface area (Å²) in [6.07, 6.45) is 2.22. The van der Waals surface area contributed by atoms with Crippen molar-refractivity contribution in [2.75, 3.05) is 6.54 Å². The number of carbonyl (C=O) groups excluding carboxylic acids is 1. The molecule has 0 saturated carbocycles. The number of carbonyl (C=O) groups is 1. The maximum absolute atomic E-state index is 10.6. The van der Waals surface area contributed by atoms with Crippen LogP contribution in [0.4, 0.5) is 0 Å². The van der Waals surface area contributed by atoms with Crippen LogP contribution < -0.4 is 16.9 Å². The molecule has 5 nitrogen and oxygen atoms in total. The fourth-order valence-corrected chi connectivity index (χ4v) is 0.723. The number of hydrogen-bond acceptors (Lipinski definition) is 4. The van der Waals surface area contributed by atoms with Gasteiger partial charge in [0.15, 0.2) is 0 Å². The lowest BCUT2D eigenvalue weighted by molar-refractivity contribution is -0.130. The minimum Gasteiger partial charge on any atom is -0.330 e. The molecular formula is C6H15N3O2. The van der Waals surface area contributed by atoms with E-state index >= 15 is 0 Å². The Balaban J connectivity index is 3.36. The van der Waals surface area contributed by atoms with Gasteiger partial charge in [-0.15, -0.1) is 0 Å². The molecule has 0 radical (unpaired) electrons. The molecule has 11 heavy (non-hydrogen) atoms. The lowest BCUT2D eigenvalue weighted by atomic mass is 10.1. The van der Waals surface area contributed by atoms with E-state index in [0.717, 1.165) is 12.8 Å². The van der Waals surface area contributed by atoms with Crippen LogP contribution in [0.15, 0.2) is 0 Å². The molecule has 66 valence electrons. The van der Waals surface area contributed by atoms with Gasteiger partial charge in [0.1, 0.15) is 0 Å². The maximum Gasteiger partial charge on any atom is 0.260 e. The molecule has 0 heterocycles. The van der Waals surface area contributed by atoms with E-state index in [1.807, 2.05) is 0 Å². The molecule has 1 atom stereocenters. The highest BCUT2D eigenvalue weighted by atomic mass is 16.5. The first-order valence-corrected chi connectivity index (χ1v) is 3.62. The molecule has 1 amide bonds. The number of hydrogen-bond donors (Lipinski definition) is 4. The zero-order valence-electron chi connectivity index (χ0n) is 6.42. The number of rotatable bonds is 5. The summed E-state index contributed by atoms with van der Waals surface area (Å²) in [4.78, 5) is 10.6. The first kappa shape index (κ1) is 10.3. The highest BCUT2D eigenvalue weighted by Gasteiger charge is 2.10. The standard InChI is InChI=1S/C6H15N3O2/c7-4-2-1-3-5(8)6(10)9-11/h5,11H,1-4,7-8H2,(H,9,10). The molecule has 0 saturated heterocycles. The van der Waals surface area contributed by atoms with Gasteiger partial charge in [0.25, 0.3) is 5.91 Å². The summed E-state index contributed by atoms with van der Waals surface area (Å²) in [6.45, 7) is 0.605. The van der Waals surface area contributed by atoms with Crippen LogP contribution in [-0.4, -0.2) is 23.7 Å². The van der Waals surface area contributed by atoms with E-state index in [2.05, 4.69) is 0 Å². The molecule has 0 aliphatic heterocycles. The summed E-state index contributed by atoms with van der Waals surface area (Å²) in [6, 6.07) is -0.619. The number of hydroxylamine groups is 1. The maximum atomic E-state index is 10.6. The van der Waals surface area contributed by atoms with Gasteiger partial charge >= 0.3 is 0 Å². The molecule has 1 unspecified atom stereocenters. The molecule has 6 N–H and O–H groups in total. The summed E-state index contributed by atoms with van der Waals surface area (Å²) in [5.74, 6) is -0.540. The fraction of sp³-hybridized carbons (Fsp3) is 0.833. The van der Waals surface area contributed by atoms with Gasteiger partial charge in [0.05, 0.1) is 6.04 Å². The Bertz CT molecular complexity index is 118. The van der Waals surface area contributed by atoms with Gasteiger partial charge in [-0.2, -0.15) is 0 Å². The zero-order chi connectivity index (χ0) is 8.69. The molecular weight excluding hydrogens is 146 g/mol. The van der Waals surface area contributed by atoms with Gasteiger partial charge in [0.2, 0.25) is 0 Å². The van der Waals surface area contributed by atoms with Crippen LogP contribution >= 0.6 is 0 Å². The Morgan fingerprint density at radius 1 is 1.55 bits per heavy atom. The molecule has 0 aliphatic rings. The summed E-state index contributed by atoms with van der Waals surface area (Å²) >= 11 is 0. The van der Waals surface area contributed by atoms with Crippen molar-refractivity contribution in [2.24, 2.45) is 11.5 Å². The summed E-state index contributed by atoms with van der Waals surface area (Å²) in [5.41, 5.74) is 12.1. The predicted molar refractivity (Wildman–Crippen MR) is 40.8 cm³/mol. The average molecular weight is 161 g/mol. The molecule has 0 aromatic carbocycles. The van der Waals surface area contributed by atoms with Crippen LogP contribution in [0.2, 0.25) is 0 Å². The monoisotopic (exact) mass is 161 g/mol. The van der Waals surface area contributed by atoms with Gasteiger partial charge in [-0.05, 0) is 19.4 Å². The van der Waals surface area contributed by atoms with E-state index in [4.69, 9.17) is 16.7 Å². The smallest absolute Gasteiger partial charge is 0.260 e. The number of nitrogens with two attached hydrogens (primary N) is 2. The largest absolute Gasteiger partial charge is 0.330 e. The molecule has 0 fully saturated rings. The van der Waals surface area contributed by atoms with E-state index in [1.54, 1.807) is 0 Å². The number of unbranched alkanes of at least 4 members (excludes halogenated alkanes) is 1. The van der Waals surface area contributed by atoms with E-state index < -0.39 is 11.9 Å².